The molecule has 13 nitrogen and oxygen atoms in total. The third-order valence-corrected chi connectivity index (χ3v) is 9.79. The predicted molar refractivity (Wildman–Crippen MR) is 165 cm³/mol. The summed E-state index contributed by atoms with van der Waals surface area (Å²) < 4.78 is 15.7. The summed E-state index contributed by atoms with van der Waals surface area (Å²) in [4.78, 5) is 25.3. The SMILES string of the molecule is CC1(COC(=O)CSc2nnc(Br)n2-c2ccc(C3CC3)c3ccccc23)OC(C)(n2cnc3c(N)ncnc32)C(O)C1O. The van der Waals surface area contributed by atoms with Gasteiger partial charge in [0.15, 0.2) is 22.3 Å². The Hall–Kier alpha value is -3.63. The zero-order chi connectivity index (χ0) is 30.8. The largest absolute Gasteiger partial charge is 0.462 e. The molecule has 4 atom stereocenters. The Kier molecular flexibility index (Phi) is 7.12. The topological polar surface area (TPSA) is 176 Å². The van der Waals surface area contributed by atoms with Crippen molar-refractivity contribution in [2.45, 2.75) is 61.3 Å². The second-order valence-electron chi connectivity index (χ2n) is 11.4. The van der Waals surface area contributed by atoms with Gasteiger partial charge in [0.1, 0.15) is 36.3 Å². The number of hydrogen-bond acceptors (Lipinski definition) is 12. The van der Waals surface area contributed by atoms with E-state index in [0.717, 1.165) is 11.1 Å². The fourth-order valence-corrected chi connectivity index (χ4v) is 7.19. The van der Waals surface area contributed by atoms with Crippen molar-refractivity contribution < 1.29 is 24.5 Å². The highest BCUT2D eigenvalue weighted by Gasteiger charge is 2.60. The molecule has 44 heavy (non-hydrogen) atoms. The molecule has 4 N–H and O–H groups in total. The standard InChI is InChI=1S/C29H29BrN8O5S/c1-28(22(40)23(41)29(2,43-28)37-14-34-21-24(31)32-13-33-25(21)37)12-42-20(39)11-44-27-36-35-26(30)38(27)19-10-9-16(15-7-8-15)17-5-3-4-6-18(17)19/h3-6,9-10,13-15,22-23,40-41H,7-8,11-12H2,1-2H3,(H2,31,32,33). The van der Waals surface area contributed by atoms with E-state index in [2.05, 4.69) is 65.3 Å². The molecular formula is C29H29BrN8O5S. The second kappa shape index (κ2) is 10.8. The molecule has 2 aromatic carbocycles. The lowest BCUT2D eigenvalue weighted by molar-refractivity contribution is -0.183. The number of anilines is 1. The molecular weight excluding hydrogens is 652 g/mol. The number of ether oxygens (including phenoxy) is 2. The highest BCUT2D eigenvalue weighted by atomic mass is 79.9. The van der Waals surface area contributed by atoms with Crippen LogP contribution in [0.1, 0.15) is 38.2 Å². The van der Waals surface area contributed by atoms with Crippen molar-refractivity contribution in [1.82, 2.24) is 34.3 Å². The van der Waals surface area contributed by atoms with Crippen molar-refractivity contribution in [1.29, 1.82) is 0 Å². The molecule has 15 heteroatoms. The Morgan fingerprint density at radius 2 is 1.89 bits per heavy atom. The van der Waals surface area contributed by atoms with Gasteiger partial charge in [-0.05, 0) is 65.6 Å². The lowest BCUT2D eigenvalue weighted by Crippen LogP contribution is -2.45. The van der Waals surface area contributed by atoms with Gasteiger partial charge in [0.25, 0.3) is 0 Å². The molecule has 0 spiro atoms. The molecule has 228 valence electrons. The number of nitrogens with two attached hydrogens (primary N) is 1. The first-order chi connectivity index (χ1) is 21.1. The van der Waals surface area contributed by atoms with Gasteiger partial charge in [-0.25, -0.2) is 15.0 Å². The summed E-state index contributed by atoms with van der Waals surface area (Å²) in [5.74, 6) is 0.142. The number of nitrogen functional groups attached to an aromatic ring is 1. The average molecular weight is 682 g/mol. The number of fused-ring (bicyclic) bond motifs is 2. The van der Waals surface area contributed by atoms with Gasteiger partial charge >= 0.3 is 5.97 Å². The van der Waals surface area contributed by atoms with Crippen molar-refractivity contribution in [3.63, 3.8) is 0 Å². The van der Waals surface area contributed by atoms with Crippen LogP contribution in [0.4, 0.5) is 5.82 Å². The van der Waals surface area contributed by atoms with Gasteiger partial charge in [-0.2, -0.15) is 0 Å². The fraction of sp³-hybridized carbons (Fsp3) is 0.379. The highest BCUT2D eigenvalue weighted by Crippen LogP contribution is 2.45. The molecule has 0 amide bonds. The minimum atomic E-state index is -1.48. The predicted octanol–water partition coefficient (Wildman–Crippen LogP) is 3.30. The Balaban J connectivity index is 1.06. The molecule has 4 heterocycles. The lowest BCUT2D eigenvalue weighted by Gasteiger charge is -2.31. The number of halogens is 1. The molecule has 1 saturated heterocycles. The summed E-state index contributed by atoms with van der Waals surface area (Å²) in [7, 11) is 0. The number of aromatic nitrogens is 7. The summed E-state index contributed by atoms with van der Waals surface area (Å²) >= 11 is 4.70. The number of esters is 1. The molecule has 2 fully saturated rings. The van der Waals surface area contributed by atoms with Gasteiger partial charge in [0, 0.05) is 5.39 Å². The van der Waals surface area contributed by atoms with E-state index >= 15 is 0 Å². The Labute approximate surface area is 263 Å². The van der Waals surface area contributed by atoms with E-state index in [0.29, 0.717) is 27.0 Å². The lowest BCUT2D eigenvalue weighted by atomic mass is 9.96. The zero-order valence-corrected chi connectivity index (χ0v) is 26.2. The summed E-state index contributed by atoms with van der Waals surface area (Å²) in [6.07, 6.45) is 2.30. The average Bonchev–Trinajstić information content (AvgIpc) is 3.61. The van der Waals surface area contributed by atoms with E-state index in [4.69, 9.17) is 15.2 Å². The van der Waals surface area contributed by atoms with Crippen molar-refractivity contribution >= 4 is 61.4 Å². The monoisotopic (exact) mass is 680 g/mol. The van der Waals surface area contributed by atoms with Gasteiger partial charge in [-0.15, -0.1) is 10.2 Å². The van der Waals surface area contributed by atoms with Crippen LogP contribution >= 0.6 is 27.7 Å². The van der Waals surface area contributed by atoms with Crippen LogP contribution in [-0.2, 0) is 20.0 Å². The number of thioether (sulfide) groups is 1. The number of rotatable bonds is 8. The first kappa shape index (κ1) is 29.1. The van der Waals surface area contributed by atoms with Gasteiger partial charge in [0.2, 0.25) is 4.73 Å². The van der Waals surface area contributed by atoms with E-state index in [1.165, 1.54) is 52.8 Å². The summed E-state index contributed by atoms with van der Waals surface area (Å²) in [6.45, 7) is 2.85. The van der Waals surface area contributed by atoms with Crippen LogP contribution in [0, 0.1) is 0 Å². The molecule has 1 saturated carbocycles. The van der Waals surface area contributed by atoms with Gasteiger partial charge in [-0.1, -0.05) is 42.1 Å². The number of aliphatic hydroxyl groups excluding tert-OH is 2. The van der Waals surface area contributed by atoms with Gasteiger partial charge < -0.3 is 25.4 Å². The number of benzene rings is 2. The van der Waals surface area contributed by atoms with Crippen LogP contribution in [0.3, 0.4) is 0 Å². The van der Waals surface area contributed by atoms with E-state index in [1.807, 2.05) is 16.7 Å². The number of imidazole rings is 1. The van der Waals surface area contributed by atoms with Crippen LogP contribution in [0.2, 0.25) is 0 Å². The molecule has 1 aliphatic carbocycles. The van der Waals surface area contributed by atoms with Crippen LogP contribution < -0.4 is 5.73 Å². The minimum absolute atomic E-state index is 0.0719. The molecule has 4 unspecified atom stereocenters. The Bertz CT molecular complexity index is 1910. The van der Waals surface area contributed by atoms with E-state index < -0.39 is 29.5 Å². The van der Waals surface area contributed by atoms with Crippen LogP contribution in [0.15, 0.2) is 58.9 Å². The maximum Gasteiger partial charge on any atom is 0.316 e. The molecule has 0 bridgehead atoms. The Morgan fingerprint density at radius 3 is 2.66 bits per heavy atom. The second-order valence-corrected chi connectivity index (χ2v) is 13.1. The van der Waals surface area contributed by atoms with Crippen LogP contribution in [0.25, 0.3) is 27.6 Å². The number of hydrogen-bond donors (Lipinski definition) is 3. The smallest absolute Gasteiger partial charge is 0.316 e. The molecule has 7 rings (SSSR count). The quantitative estimate of drug-likeness (QED) is 0.161. The number of carbonyl (C=O) groups is 1. The van der Waals surface area contributed by atoms with Gasteiger partial charge in [0.05, 0.1) is 17.8 Å². The molecule has 1 aliphatic heterocycles. The van der Waals surface area contributed by atoms with Crippen LogP contribution in [-0.4, -0.2) is 80.6 Å². The molecule has 0 radical (unpaired) electrons. The van der Waals surface area contributed by atoms with E-state index in [9.17, 15) is 15.0 Å². The minimum Gasteiger partial charge on any atom is -0.462 e. The highest BCUT2D eigenvalue weighted by molar-refractivity contribution is 9.10. The molecule has 2 aliphatic rings. The zero-order valence-electron chi connectivity index (χ0n) is 23.8. The Morgan fingerprint density at radius 1 is 1.11 bits per heavy atom. The van der Waals surface area contributed by atoms with Crippen molar-refractivity contribution in [3.05, 3.63) is 59.3 Å². The van der Waals surface area contributed by atoms with Crippen molar-refractivity contribution in [2.24, 2.45) is 0 Å². The summed E-state index contributed by atoms with van der Waals surface area (Å²) in [5, 5.41) is 33.4. The van der Waals surface area contributed by atoms with Crippen LogP contribution in [0.5, 0.6) is 0 Å². The maximum atomic E-state index is 12.9. The first-order valence-corrected chi connectivity index (χ1v) is 15.8. The summed E-state index contributed by atoms with van der Waals surface area (Å²) in [5.41, 5.74) is 5.91. The van der Waals surface area contributed by atoms with Crippen molar-refractivity contribution in [2.75, 3.05) is 18.1 Å². The number of nitrogens with zero attached hydrogens (tertiary/aromatic N) is 7. The van der Waals surface area contributed by atoms with E-state index in [1.54, 1.807) is 13.8 Å². The van der Waals surface area contributed by atoms with E-state index in [-0.39, 0.29) is 18.2 Å². The molecule has 5 aromatic rings. The fourth-order valence-electron chi connectivity index (χ4n) is 5.89. The third kappa shape index (κ3) is 4.74. The molecule has 3 aromatic heterocycles. The maximum absolute atomic E-state index is 12.9. The first-order valence-electron chi connectivity index (χ1n) is 14.0. The normalized spacial score (nSPS) is 25.2. The third-order valence-electron chi connectivity index (χ3n) is 8.38. The van der Waals surface area contributed by atoms with Crippen molar-refractivity contribution in [3.8, 4) is 5.69 Å². The van der Waals surface area contributed by atoms with Gasteiger partial charge in [-0.3, -0.25) is 13.9 Å². The number of aliphatic hydroxyl groups is 2. The number of carbonyl (C=O) groups excluding carboxylic acids is 1. The summed E-state index contributed by atoms with van der Waals surface area (Å²) in [6, 6.07) is 12.5.